The van der Waals surface area contributed by atoms with Crippen molar-refractivity contribution >= 4 is 29.7 Å². The summed E-state index contributed by atoms with van der Waals surface area (Å²) in [7, 11) is 0. The molecule has 0 aliphatic carbocycles. The molecule has 118 valence electrons. The van der Waals surface area contributed by atoms with Crippen molar-refractivity contribution < 1.29 is 14.5 Å². The van der Waals surface area contributed by atoms with Gasteiger partial charge in [-0.15, -0.1) is 0 Å². The topological polar surface area (TPSA) is 94.7 Å². The molecule has 1 aromatic carbocycles. The molecular formula is C17H11N3O4. The summed E-state index contributed by atoms with van der Waals surface area (Å²) in [4.78, 5) is 30.0. The quantitative estimate of drug-likeness (QED) is 0.373. The highest BCUT2D eigenvalue weighted by atomic mass is 16.6. The number of benzene rings is 1. The van der Waals surface area contributed by atoms with E-state index in [2.05, 4.69) is 9.98 Å². The van der Waals surface area contributed by atoms with E-state index in [0.717, 1.165) is 11.1 Å². The van der Waals surface area contributed by atoms with Crippen molar-refractivity contribution in [2.45, 2.75) is 0 Å². The van der Waals surface area contributed by atoms with E-state index in [0.29, 0.717) is 0 Å². The fourth-order valence-corrected chi connectivity index (χ4v) is 1.99. The Hall–Kier alpha value is -3.61. The number of aromatic nitrogens is 1. The summed E-state index contributed by atoms with van der Waals surface area (Å²) in [6.45, 7) is 0. The number of aliphatic imine (C=N–C) groups is 1. The number of hydrogen-bond acceptors (Lipinski definition) is 6. The van der Waals surface area contributed by atoms with Crippen LogP contribution in [0.15, 0.2) is 65.6 Å². The Bertz CT molecular complexity index is 868. The third kappa shape index (κ3) is 3.58. The smallest absolute Gasteiger partial charge is 0.363 e. The fourth-order valence-electron chi connectivity index (χ4n) is 1.99. The monoisotopic (exact) mass is 321 g/mol. The van der Waals surface area contributed by atoms with Crippen LogP contribution in [-0.2, 0) is 9.53 Å². The maximum absolute atomic E-state index is 11.8. The maximum atomic E-state index is 11.8. The second-order valence-corrected chi connectivity index (χ2v) is 4.84. The highest BCUT2D eigenvalue weighted by Crippen LogP contribution is 2.17. The standard InChI is InChI=1S/C17H11N3O4/c21-17-15(10-13-2-1-9-18-11-13)19-16(24-17)8-5-12-3-6-14(7-4-12)20(22)23/h1-11H/b8-5+,15-10-. The van der Waals surface area contributed by atoms with Crippen LogP contribution in [0.4, 0.5) is 5.69 Å². The molecule has 0 amide bonds. The number of nitrogens with zero attached hydrogens (tertiary/aromatic N) is 3. The Labute approximate surface area is 136 Å². The molecule has 0 N–H and O–H groups in total. The van der Waals surface area contributed by atoms with Crippen molar-refractivity contribution in [1.29, 1.82) is 0 Å². The molecule has 0 unspecified atom stereocenters. The van der Waals surface area contributed by atoms with E-state index in [9.17, 15) is 14.9 Å². The normalized spacial score (nSPS) is 15.6. The van der Waals surface area contributed by atoms with Gasteiger partial charge in [0.05, 0.1) is 4.92 Å². The van der Waals surface area contributed by atoms with Gasteiger partial charge in [-0.3, -0.25) is 15.1 Å². The summed E-state index contributed by atoms with van der Waals surface area (Å²) in [5.74, 6) is -0.379. The van der Waals surface area contributed by atoms with Crippen LogP contribution in [0.3, 0.4) is 0 Å². The SMILES string of the molecule is O=C1OC(/C=C/c2ccc([N+](=O)[O-])cc2)=NC/1=C\c1cccnc1. The van der Waals surface area contributed by atoms with E-state index < -0.39 is 10.9 Å². The number of non-ortho nitro benzene ring substituents is 1. The van der Waals surface area contributed by atoms with Gasteiger partial charge in [-0.1, -0.05) is 6.07 Å². The molecule has 3 rings (SSSR count). The van der Waals surface area contributed by atoms with Gasteiger partial charge in [-0.2, -0.15) is 0 Å². The lowest BCUT2D eigenvalue weighted by atomic mass is 10.2. The molecule has 0 radical (unpaired) electrons. The zero-order chi connectivity index (χ0) is 16.9. The summed E-state index contributed by atoms with van der Waals surface area (Å²) in [6.07, 6.45) is 8.02. The van der Waals surface area contributed by atoms with Crippen LogP contribution in [0.1, 0.15) is 11.1 Å². The summed E-state index contributed by atoms with van der Waals surface area (Å²) in [6, 6.07) is 9.54. The molecule has 0 atom stereocenters. The van der Waals surface area contributed by atoms with Crippen molar-refractivity contribution in [3.63, 3.8) is 0 Å². The lowest BCUT2D eigenvalue weighted by Crippen LogP contribution is -2.01. The molecule has 2 heterocycles. The average Bonchev–Trinajstić information content (AvgIpc) is 2.94. The number of hydrogen-bond donors (Lipinski definition) is 0. The molecule has 1 aliphatic heterocycles. The van der Waals surface area contributed by atoms with E-state index in [1.807, 2.05) is 0 Å². The lowest BCUT2D eigenvalue weighted by molar-refractivity contribution is -0.384. The van der Waals surface area contributed by atoms with E-state index >= 15 is 0 Å². The summed E-state index contributed by atoms with van der Waals surface area (Å²) in [5.41, 5.74) is 1.67. The Morgan fingerprint density at radius 2 is 1.88 bits per heavy atom. The molecule has 1 aliphatic rings. The van der Waals surface area contributed by atoms with E-state index in [1.165, 1.54) is 18.2 Å². The van der Waals surface area contributed by atoms with Crippen molar-refractivity contribution in [3.8, 4) is 0 Å². The van der Waals surface area contributed by atoms with Crippen LogP contribution < -0.4 is 0 Å². The predicted molar refractivity (Wildman–Crippen MR) is 87.9 cm³/mol. The molecule has 0 spiro atoms. The van der Waals surface area contributed by atoms with Crippen LogP contribution in [-0.4, -0.2) is 21.8 Å². The van der Waals surface area contributed by atoms with Gasteiger partial charge in [0.1, 0.15) is 0 Å². The summed E-state index contributed by atoms with van der Waals surface area (Å²) in [5, 5.41) is 10.6. The maximum Gasteiger partial charge on any atom is 0.363 e. The zero-order valence-electron chi connectivity index (χ0n) is 12.3. The Morgan fingerprint density at radius 3 is 2.54 bits per heavy atom. The molecule has 0 saturated heterocycles. The molecule has 1 aromatic heterocycles. The largest absolute Gasteiger partial charge is 0.403 e. The van der Waals surface area contributed by atoms with Crippen molar-refractivity contribution in [2.24, 2.45) is 4.99 Å². The Kier molecular flexibility index (Phi) is 4.24. The Balaban J connectivity index is 1.76. The number of nitro benzene ring substituents is 1. The highest BCUT2D eigenvalue weighted by Gasteiger charge is 2.21. The molecule has 7 nitrogen and oxygen atoms in total. The highest BCUT2D eigenvalue weighted by molar-refractivity contribution is 6.11. The number of esters is 1. The first-order valence-electron chi connectivity index (χ1n) is 6.97. The summed E-state index contributed by atoms with van der Waals surface area (Å²) >= 11 is 0. The van der Waals surface area contributed by atoms with Crippen LogP contribution >= 0.6 is 0 Å². The van der Waals surface area contributed by atoms with Crippen molar-refractivity contribution in [3.05, 3.63) is 81.8 Å². The van der Waals surface area contributed by atoms with Gasteiger partial charge in [-0.25, -0.2) is 9.79 Å². The third-order valence-electron chi connectivity index (χ3n) is 3.15. The van der Waals surface area contributed by atoms with Gasteiger partial charge in [0.2, 0.25) is 5.90 Å². The molecule has 24 heavy (non-hydrogen) atoms. The number of cyclic esters (lactones) is 1. The minimum Gasteiger partial charge on any atom is -0.403 e. The summed E-state index contributed by atoms with van der Waals surface area (Å²) < 4.78 is 5.06. The minimum absolute atomic E-state index is 0.0125. The third-order valence-corrected chi connectivity index (χ3v) is 3.15. The minimum atomic E-state index is -0.540. The average molecular weight is 321 g/mol. The van der Waals surface area contributed by atoms with Gasteiger partial charge < -0.3 is 4.74 Å². The number of carbonyl (C=O) groups is 1. The van der Waals surface area contributed by atoms with Crippen LogP contribution in [0.2, 0.25) is 0 Å². The first-order chi connectivity index (χ1) is 11.6. The molecule has 0 fully saturated rings. The van der Waals surface area contributed by atoms with Crippen LogP contribution in [0, 0.1) is 10.1 Å². The second-order valence-electron chi connectivity index (χ2n) is 4.84. The van der Waals surface area contributed by atoms with Gasteiger partial charge in [0.15, 0.2) is 5.70 Å². The number of rotatable bonds is 4. The van der Waals surface area contributed by atoms with Gasteiger partial charge in [0, 0.05) is 30.6 Å². The Morgan fingerprint density at radius 1 is 1.08 bits per heavy atom. The molecule has 7 heteroatoms. The van der Waals surface area contributed by atoms with E-state index in [-0.39, 0.29) is 17.3 Å². The molecule has 2 aromatic rings. The number of nitro groups is 1. The van der Waals surface area contributed by atoms with Crippen LogP contribution in [0.25, 0.3) is 12.2 Å². The van der Waals surface area contributed by atoms with E-state index in [4.69, 9.17) is 4.74 Å². The zero-order valence-corrected chi connectivity index (χ0v) is 12.3. The number of ether oxygens (including phenoxy) is 1. The predicted octanol–water partition coefficient (Wildman–Crippen LogP) is 3.00. The fraction of sp³-hybridized carbons (Fsp3) is 0. The number of carbonyl (C=O) groups excluding carboxylic acids is 1. The lowest BCUT2D eigenvalue weighted by Gasteiger charge is -1.94. The molecule has 0 bridgehead atoms. The van der Waals surface area contributed by atoms with Gasteiger partial charge in [-0.05, 0) is 41.5 Å². The first kappa shape index (κ1) is 15.3. The van der Waals surface area contributed by atoms with Crippen LogP contribution in [0.5, 0.6) is 0 Å². The van der Waals surface area contributed by atoms with Gasteiger partial charge in [0.25, 0.3) is 5.69 Å². The van der Waals surface area contributed by atoms with Gasteiger partial charge >= 0.3 is 5.97 Å². The number of pyridine rings is 1. The second kappa shape index (κ2) is 6.66. The first-order valence-corrected chi connectivity index (χ1v) is 6.97. The molecule has 0 saturated carbocycles. The molecular weight excluding hydrogens is 310 g/mol. The van der Waals surface area contributed by atoms with Crippen molar-refractivity contribution in [1.82, 2.24) is 4.98 Å². The van der Waals surface area contributed by atoms with E-state index in [1.54, 1.807) is 48.8 Å². The van der Waals surface area contributed by atoms with Crippen molar-refractivity contribution in [2.75, 3.05) is 0 Å².